The van der Waals surface area contributed by atoms with E-state index in [4.69, 9.17) is 20.2 Å². The van der Waals surface area contributed by atoms with Gasteiger partial charge in [-0.2, -0.15) is 0 Å². The summed E-state index contributed by atoms with van der Waals surface area (Å²) in [6, 6.07) is 3.83. The highest BCUT2D eigenvalue weighted by Crippen LogP contribution is 2.45. The Balaban J connectivity index is 1.53. The molecular formula is C19H19N7O4S3. The first-order valence-corrected chi connectivity index (χ1v) is 13.4. The van der Waals surface area contributed by atoms with Crippen molar-refractivity contribution >= 4 is 50.1 Å². The number of nitrogens with two attached hydrogens (primary N) is 1. The minimum Gasteiger partial charge on any atom is -0.454 e. The number of anilines is 1. The molecule has 14 heteroatoms. The van der Waals surface area contributed by atoms with Gasteiger partial charge in [-0.3, -0.25) is 0 Å². The maximum absolute atomic E-state index is 11.4. The Bertz CT molecular complexity index is 1420. The highest BCUT2D eigenvalue weighted by Gasteiger charge is 2.23. The van der Waals surface area contributed by atoms with Crippen molar-refractivity contribution < 1.29 is 17.9 Å². The van der Waals surface area contributed by atoms with Crippen molar-refractivity contribution in [2.24, 2.45) is 0 Å². The van der Waals surface area contributed by atoms with Gasteiger partial charge in [-0.25, -0.2) is 33.1 Å². The fourth-order valence-electron chi connectivity index (χ4n) is 3.34. The molecule has 0 amide bonds. The Morgan fingerprint density at radius 1 is 1.24 bits per heavy atom. The number of hydrogen-bond donors (Lipinski definition) is 2. The molecule has 11 nitrogen and oxygen atoms in total. The summed E-state index contributed by atoms with van der Waals surface area (Å²) in [7, 11) is -3.27. The number of nitrogens with zero attached hydrogens (tertiary/aromatic N) is 5. The number of hydrogen-bond acceptors (Lipinski definition) is 11. The fourth-order valence-corrected chi connectivity index (χ4v) is 5.64. The predicted octanol–water partition coefficient (Wildman–Crippen LogP) is 2.35. The Morgan fingerprint density at radius 3 is 2.82 bits per heavy atom. The van der Waals surface area contributed by atoms with Crippen molar-refractivity contribution in [2.75, 3.05) is 25.3 Å². The van der Waals surface area contributed by atoms with Gasteiger partial charge in [0.05, 0.1) is 6.26 Å². The molecule has 0 saturated heterocycles. The monoisotopic (exact) mass is 505 g/mol. The summed E-state index contributed by atoms with van der Waals surface area (Å²) >= 11 is 2.95. The molecule has 1 aliphatic heterocycles. The van der Waals surface area contributed by atoms with Gasteiger partial charge in [0.1, 0.15) is 11.3 Å². The summed E-state index contributed by atoms with van der Waals surface area (Å²) < 4.78 is 38.4. The lowest BCUT2D eigenvalue weighted by atomic mass is 10.2. The molecule has 4 aromatic rings. The van der Waals surface area contributed by atoms with Crippen LogP contribution in [0.3, 0.4) is 0 Å². The van der Waals surface area contributed by atoms with Gasteiger partial charge >= 0.3 is 0 Å². The summed E-state index contributed by atoms with van der Waals surface area (Å²) in [6.07, 6.45) is 4.81. The molecule has 3 N–H and O–H groups in total. The second-order valence-corrected chi connectivity index (χ2v) is 10.9. The summed E-state index contributed by atoms with van der Waals surface area (Å²) in [5.74, 6) is 1.60. The standard InChI is InChI=1S/C19H19N7O4S3/c1-33(27,28)24-3-2-5-26-17-15(16(20)22-9-23-17)25-19(26)32-14-8-13-12(29-10-30-13)7-11(14)18-21-4-6-31-18/h4,6-9,24H,2-3,5,10H2,1H3,(H2,20,22,23). The van der Waals surface area contributed by atoms with E-state index < -0.39 is 10.0 Å². The van der Waals surface area contributed by atoms with Gasteiger partial charge in [0.2, 0.25) is 16.8 Å². The van der Waals surface area contributed by atoms with E-state index in [1.165, 1.54) is 29.4 Å². The molecule has 1 aliphatic rings. The number of imidazole rings is 1. The molecule has 0 unspecified atom stereocenters. The first-order chi connectivity index (χ1) is 15.9. The molecule has 0 saturated carbocycles. The Morgan fingerprint density at radius 2 is 2.06 bits per heavy atom. The van der Waals surface area contributed by atoms with Gasteiger partial charge < -0.3 is 19.8 Å². The zero-order valence-electron chi connectivity index (χ0n) is 17.4. The topological polar surface area (TPSA) is 147 Å². The van der Waals surface area contributed by atoms with Crippen LogP contribution in [0.4, 0.5) is 5.82 Å². The molecule has 3 aromatic heterocycles. The van der Waals surface area contributed by atoms with E-state index in [2.05, 4.69) is 19.7 Å². The van der Waals surface area contributed by atoms with E-state index >= 15 is 0 Å². The van der Waals surface area contributed by atoms with E-state index in [0.717, 1.165) is 21.7 Å². The van der Waals surface area contributed by atoms with Crippen molar-refractivity contribution in [1.29, 1.82) is 0 Å². The molecule has 0 bridgehead atoms. The third kappa shape index (κ3) is 4.59. The average molecular weight is 506 g/mol. The number of thiazole rings is 1. The van der Waals surface area contributed by atoms with Crippen LogP contribution in [0.5, 0.6) is 11.5 Å². The third-order valence-electron chi connectivity index (χ3n) is 4.79. The van der Waals surface area contributed by atoms with Crippen LogP contribution in [0.2, 0.25) is 0 Å². The number of nitrogen functional groups attached to an aromatic ring is 1. The van der Waals surface area contributed by atoms with E-state index in [0.29, 0.717) is 40.8 Å². The molecular weight excluding hydrogens is 486 g/mol. The molecule has 172 valence electrons. The van der Waals surface area contributed by atoms with Crippen LogP contribution < -0.4 is 19.9 Å². The van der Waals surface area contributed by atoms with Gasteiger partial charge in [0.25, 0.3) is 0 Å². The number of fused-ring (bicyclic) bond motifs is 2. The summed E-state index contributed by atoms with van der Waals surface area (Å²) in [4.78, 5) is 18.4. The molecule has 0 aliphatic carbocycles. The first-order valence-electron chi connectivity index (χ1n) is 9.82. The zero-order valence-corrected chi connectivity index (χ0v) is 19.8. The molecule has 4 heterocycles. The van der Waals surface area contributed by atoms with Gasteiger partial charge in [-0.15, -0.1) is 11.3 Å². The number of aromatic nitrogens is 5. The number of aryl methyl sites for hydroxylation is 1. The molecule has 0 fully saturated rings. The van der Waals surface area contributed by atoms with E-state index in [1.54, 1.807) is 6.20 Å². The number of sulfonamides is 1. The van der Waals surface area contributed by atoms with Crippen LogP contribution >= 0.6 is 23.1 Å². The zero-order chi connectivity index (χ0) is 23.0. The lowest BCUT2D eigenvalue weighted by Crippen LogP contribution is -2.24. The van der Waals surface area contributed by atoms with Crippen molar-refractivity contribution in [1.82, 2.24) is 29.2 Å². The van der Waals surface area contributed by atoms with E-state index in [9.17, 15) is 8.42 Å². The van der Waals surface area contributed by atoms with Gasteiger partial charge in [-0.1, -0.05) is 11.8 Å². The summed E-state index contributed by atoms with van der Waals surface area (Å²) in [5, 5.41) is 3.40. The largest absolute Gasteiger partial charge is 0.454 e. The van der Waals surface area contributed by atoms with E-state index in [-0.39, 0.29) is 19.2 Å². The van der Waals surface area contributed by atoms with Crippen LogP contribution in [-0.2, 0) is 16.6 Å². The number of ether oxygens (including phenoxy) is 2. The van der Waals surface area contributed by atoms with Crippen molar-refractivity contribution in [2.45, 2.75) is 23.0 Å². The minimum atomic E-state index is -3.27. The summed E-state index contributed by atoms with van der Waals surface area (Å²) in [6.45, 7) is 0.936. The SMILES string of the molecule is CS(=O)(=O)NCCCn1c(Sc2cc3c(cc2-c2nccs2)OCO3)nc2c(N)ncnc21. The second kappa shape index (κ2) is 8.78. The number of rotatable bonds is 8. The minimum absolute atomic E-state index is 0.165. The molecule has 5 rings (SSSR count). The molecule has 0 radical (unpaired) electrons. The number of benzene rings is 1. The van der Waals surface area contributed by atoms with Gasteiger partial charge in [0, 0.05) is 35.1 Å². The second-order valence-electron chi connectivity index (χ2n) is 7.14. The lowest BCUT2D eigenvalue weighted by Gasteiger charge is -2.11. The predicted molar refractivity (Wildman–Crippen MR) is 125 cm³/mol. The van der Waals surface area contributed by atoms with Crippen LogP contribution in [0.1, 0.15) is 6.42 Å². The maximum Gasteiger partial charge on any atom is 0.231 e. The van der Waals surface area contributed by atoms with Crippen LogP contribution in [0.15, 0.2) is 40.1 Å². The summed E-state index contributed by atoms with van der Waals surface area (Å²) in [5.41, 5.74) is 8.03. The van der Waals surface area contributed by atoms with Gasteiger partial charge in [0.15, 0.2) is 33.6 Å². The first kappa shape index (κ1) is 21.9. The van der Waals surface area contributed by atoms with Crippen molar-refractivity contribution in [3.05, 3.63) is 30.0 Å². The van der Waals surface area contributed by atoms with Gasteiger partial charge in [-0.05, 0) is 18.6 Å². The van der Waals surface area contributed by atoms with Crippen molar-refractivity contribution in [3.63, 3.8) is 0 Å². The molecule has 0 spiro atoms. The molecule has 1 aromatic carbocycles. The lowest BCUT2D eigenvalue weighted by molar-refractivity contribution is 0.174. The normalized spacial score (nSPS) is 13.1. The van der Waals surface area contributed by atoms with E-state index in [1.807, 2.05) is 22.1 Å². The Hall–Kier alpha value is -2.94. The maximum atomic E-state index is 11.4. The fraction of sp³-hybridized carbons (Fsp3) is 0.263. The van der Waals surface area contributed by atoms with Crippen LogP contribution in [0, 0.1) is 0 Å². The number of nitrogens with one attached hydrogen (secondary N) is 1. The van der Waals surface area contributed by atoms with Crippen LogP contribution in [-0.4, -0.2) is 52.5 Å². The Labute approximate surface area is 197 Å². The smallest absolute Gasteiger partial charge is 0.231 e. The highest BCUT2D eigenvalue weighted by molar-refractivity contribution is 7.99. The molecule has 0 atom stereocenters. The van der Waals surface area contributed by atoms with Crippen LogP contribution in [0.25, 0.3) is 21.7 Å². The third-order valence-corrected chi connectivity index (χ3v) is 7.37. The molecule has 33 heavy (non-hydrogen) atoms. The van der Waals surface area contributed by atoms with Crippen molar-refractivity contribution in [3.8, 4) is 22.1 Å². The average Bonchev–Trinajstić information content (AvgIpc) is 3.51. The Kier molecular flexibility index (Phi) is 5.82. The quantitative estimate of drug-likeness (QED) is 0.342. The highest BCUT2D eigenvalue weighted by atomic mass is 32.2.